The molecule has 0 atom stereocenters. The summed E-state index contributed by atoms with van der Waals surface area (Å²) < 4.78 is 17.4. The third kappa shape index (κ3) is 4.82. The molecule has 4 heteroatoms. The first-order chi connectivity index (χ1) is 13.1. The van der Waals surface area contributed by atoms with Gasteiger partial charge in [-0.05, 0) is 29.8 Å². The highest BCUT2D eigenvalue weighted by Gasteiger charge is 2.35. The van der Waals surface area contributed by atoms with Gasteiger partial charge in [-0.25, -0.2) is 0 Å². The van der Waals surface area contributed by atoms with Crippen molar-refractivity contribution in [3.05, 3.63) is 59.7 Å². The number of hydrogen-bond acceptors (Lipinski definition) is 4. The van der Waals surface area contributed by atoms with Gasteiger partial charge in [-0.1, -0.05) is 30.0 Å². The van der Waals surface area contributed by atoms with Crippen LogP contribution >= 0.6 is 0 Å². The van der Waals surface area contributed by atoms with E-state index in [-0.39, 0.29) is 5.60 Å². The van der Waals surface area contributed by atoms with Crippen LogP contribution in [0, 0.1) is 11.8 Å². The lowest BCUT2D eigenvalue weighted by Gasteiger charge is -2.37. The topological polar surface area (TPSA) is 30.9 Å². The van der Waals surface area contributed by atoms with Crippen molar-refractivity contribution in [1.29, 1.82) is 0 Å². The molecule has 1 heterocycles. The summed E-state index contributed by atoms with van der Waals surface area (Å²) in [6, 6.07) is 16.2. The third-order valence-electron chi connectivity index (χ3n) is 4.94. The first-order valence-electron chi connectivity index (χ1n) is 9.25. The number of ether oxygens (including phenoxy) is 3. The van der Waals surface area contributed by atoms with Gasteiger partial charge in [-0.2, -0.15) is 0 Å². The van der Waals surface area contributed by atoms with Gasteiger partial charge < -0.3 is 19.1 Å². The number of methoxy groups -OCH3 is 1. The quantitative estimate of drug-likeness (QED) is 0.754. The van der Waals surface area contributed by atoms with Gasteiger partial charge in [0.2, 0.25) is 0 Å². The number of rotatable bonds is 5. The van der Waals surface area contributed by atoms with Gasteiger partial charge in [0, 0.05) is 64.6 Å². The van der Waals surface area contributed by atoms with Crippen molar-refractivity contribution in [3.63, 3.8) is 0 Å². The summed E-state index contributed by atoms with van der Waals surface area (Å²) in [6.45, 7) is 1.76. The Balaban J connectivity index is 1.80. The predicted octanol–water partition coefficient (Wildman–Crippen LogP) is 3.84. The SMILES string of the molecule is COC1(c2cc(OCC#Cc3ccccc3)cc(N(C)C)c2)CCOCC1. The Morgan fingerprint density at radius 3 is 2.48 bits per heavy atom. The van der Waals surface area contributed by atoms with Crippen molar-refractivity contribution in [2.45, 2.75) is 18.4 Å². The summed E-state index contributed by atoms with van der Waals surface area (Å²) in [7, 11) is 5.84. The molecule has 2 aromatic rings. The zero-order valence-corrected chi connectivity index (χ0v) is 16.3. The Morgan fingerprint density at radius 1 is 1.07 bits per heavy atom. The van der Waals surface area contributed by atoms with Crippen LogP contribution < -0.4 is 9.64 Å². The first kappa shape index (κ1) is 19.3. The average Bonchev–Trinajstić information content (AvgIpc) is 2.72. The van der Waals surface area contributed by atoms with E-state index in [0.29, 0.717) is 19.8 Å². The molecule has 1 aliphatic rings. The molecule has 0 radical (unpaired) electrons. The van der Waals surface area contributed by atoms with E-state index >= 15 is 0 Å². The normalized spacial score (nSPS) is 15.5. The second kappa shape index (κ2) is 8.94. The lowest BCUT2D eigenvalue weighted by molar-refractivity contribution is -0.0948. The molecular weight excluding hydrogens is 338 g/mol. The molecule has 27 heavy (non-hydrogen) atoms. The summed E-state index contributed by atoms with van der Waals surface area (Å²) >= 11 is 0. The van der Waals surface area contributed by atoms with Crippen molar-refractivity contribution in [2.75, 3.05) is 45.9 Å². The molecule has 1 aliphatic heterocycles. The molecule has 0 amide bonds. The van der Waals surface area contributed by atoms with Gasteiger partial charge in [0.05, 0.1) is 5.60 Å². The second-order valence-corrected chi connectivity index (χ2v) is 6.88. The molecule has 0 aromatic heterocycles. The highest BCUT2D eigenvalue weighted by molar-refractivity contribution is 5.54. The molecule has 0 aliphatic carbocycles. The molecule has 142 valence electrons. The van der Waals surface area contributed by atoms with Gasteiger partial charge >= 0.3 is 0 Å². The average molecular weight is 365 g/mol. The van der Waals surface area contributed by atoms with Crippen molar-refractivity contribution >= 4 is 5.69 Å². The fourth-order valence-corrected chi connectivity index (χ4v) is 3.28. The molecule has 1 fully saturated rings. The number of hydrogen-bond donors (Lipinski definition) is 0. The Kier molecular flexibility index (Phi) is 6.39. The lowest BCUT2D eigenvalue weighted by Crippen LogP contribution is -2.35. The van der Waals surface area contributed by atoms with E-state index in [4.69, 9.17) is 14.2 Å². The van der Waals surface area contributed by atoms with Crippen LogP contribution in [-0.2, 0) is 15.1 Å². The van der Waals surface area contributed by atoms with E-state index in [0.717, 1.165) is 35.4 Å². The molecule has 0 bridgehead atoms. The minimum Gasteiger partial charge on any atom is -0.481 e. The van der Waals surface area contributed by atoms with Gasteiger partial charge in [-0.3, -0.25) is 0 Å². The van der Waals surface area contributed by atoms with Crippen LogP contribution in [0.2, 0.25) is 0 Å². The summed E-state index contributed by atoms with van der Waals surface area (Å²) in [5.41, 5.74) is 2.88. The van der Waals surface area contributed by atoms with E-state index in [2.05, 4.69) is 28.9 Å². The van der Waals surface area contributed by atoms with Crippen LogP contribution in [0.5, 0.6) is 5.75 Å². The molecule has 3 rings (SSSR count). The van der Waals surface area contributed by atoms with Crippen LogP contribution in [0.15, 0.2) is 48.5 Å². The fourth-order valence-electron chi connectivity index (χ4n) is 3.28. The maximum atomic E-state index is 5.96. The Labute approximate surface area is 162 Å². The van der Waals surface area contributed by atoms with Crippen LogP contribution in [0.1, 0.15) is 24.0 Å². The summed E-state index contributed by atoms with van der Waals surface area (Å²) in [4.78, 5) is 2.08. The van der Waals surface area contributed by atoms with Crippen molar-refractivity contribution in [2.24, 2.45) is 0 Å². The summed E-state index contributed by atoms with van der Waals surface area (Å²) in [5.74, 6) is 7.01. The van der Waals surface area contributed by atoms with E-state index in [1.807, 2.05) is 50.5 Å². The maximum absolute atomic E-state index is 5.96. The fraction of sp³-hybridized carbons (Fsp3) is 0.391. The predicted molar refractivity (Wildman–Crippen MR) is 108 cm³/mol. The van der Waals surface area contributed by atoms with Crippen molar-refractivity contribution in [1.82, 2.24) is 0 Å². The largest absolute Gasteiger partial charge is 0.481 e. The third-order valence-corrected chi connectivity index (χ3v) is 4.94. The van der Waals surface area contributed by atoms with Crippen LogP contribution in [0.4, 0.5) is 5.69 Å². The van der Waals surface area contributed by atoms with Gasteiger partial charge in [-0.15, -0.1) is 0 Å². The smallest absolute Gasteiger partial charge is 0.149 e. The highest BCUT2D eigenvalue weighted by Crippen LogP contribution is 2.39. The molecule has 0 spiro atoms. The highest BCUT2D eigenvalue weighted by atomic mass is 16.5. The number of benzene rings is 2. The molecule has 0 saturated carbocycles. The molecule has 0 unspecified atom stereocenters. The zero-order valence-electron chi connectivity index (χ0n) is 16.3. The van der Waals surface area contributed by atoms with Crippen LogP contribution in [0.3, 0.4) is 0 Å². The van der Waals surface area contributed by atoms with E-state index < -0.39 is 0 Å². The Morgan fingerprint density at radius 2 is 1.81 bits per heavy atom. The number of nitrogens with zero attached hydrogens (tertiary/aromatic N) is 1. The Hall–Kier alpha value is -2.48. The molecular formula is C23H27NO3. The standard InChI is InChI=1S/C23H27NO3/c1-24(2)21-16-20(23(25-3)11-14-26-15-12-23)17-22(18-21)27-13-7-10-19-8-5-4-6-9-19/h4-6,8-9,16-18H,11-15H2,1-3H3. The van der Waals surface area contributed by atoms with Gasteiger partial charge in [0.1, 0.15) is 12.4 Å². The minimum atomic E-state index is -0.321. The minimum absolute atomic E-state index is 0.321. The Bertz CT molecular complexity index is 799. The summed E-state index contributed by atoms with van der Waals surface area (Å²) in [5, 5.41) is 0. The van der Waals surface area contributed by atoms with E-state index in [9.17, 15) is 0 Å². The molecule has 2 aromatic carbocycles. The molecule has 4 nitrogen and oxygen atoms in total. The molecule has 0 N–H and O–H groups in total. The van der Waals surface area contributed by atoms with Crippen molar-refractivity contribution < 1.29 is 14.2 Å². The molecule has 1 saturated heterocycles. The summed E-state index contributed by atoms with van der Waals surface area (Å²) in [6.07, 6.45) is 1.68. The second-order valence-electron chi connectivity index (χ2n) is 6.88. The van der Waals surface area contributed by atoms with E-state index in [1.54, 1.807) is 7.11 Å². The zero-order chi connectivity index (χ0) is 19.1. The maximum Gasteiger partial charge on any atom is 0.149 e. The van der Waals surface area contributed by atoms with Gasteiger partial charge in [0.25, 0.3) is 0 Å². The lowest BCUT2D eigenvalue weighted by atomic mass is 9.85. The van der Waals surface area contributed by atoms with E-state index in [1.165, 1.54) is 0 Å². The monoisotopic (exact) mass is 365 g/mol. The van der Waals surface area contributed by atoms with Crippen LogP contribution in [-0.4, -0.2) is 41.0 Å². The number of anilines is 1. The first-order valence-corrected chi connectivity index (χ1v) is 9.25. The van der Waals surface area contributed by atoms with Crippen LogP contribution in [0.25, 0.3) is 0 Å². The van der Waals surface area contributed by atoms with Gasteiger partial charge in [0.15, 0.2) is 0 Å². The van der Waals surface area contributed by atoms with Crippen molar-refractivity contribution in [3.8, 4) is 17.6 Å².